The SMILES string of the molecule is Cc1nc2cc(Cl)nc(C3C[B]C3)c2nc1C. The van der Waals surface area contributed by atoms with Crippen molar-refractivity contribution < 1.29 is 0 Å². The average molecular weight is 245 g/mol. The third-order valence-corrected chi connectivity index (χ3v) is 3.54. The van der Waals surface area contributed by atoms with Crippen LogP contribution in [0.25, 0.3) is 11.0 Å². The van der Waals surface area contributed by atoms with E-state index < -0.39 is 0 Å². The number of aryl methyl sites for hydroxylation is 2. The molecule has 17 heavy (non-hydrogen) atoms. The minimum absolute atomic E-state index is 0.465. The molecule has 0 atom stereocenters. The molecule has 1 fully saturated rings. The molecule has 3 rings (SSSR count). The van der Waals surface area contributed by atoms with Crippen molar-refractivity contribution in [1.29, 1.82) is 0 Å². The molecule has 0 bridgehead atoms. The van der Waals surface area contributed by atoms with Crippen LogP contribution in [0.3, 0.4) is 0 Å². The zero-order chi connectivity index (χ0) is 12.0. The van der Waals surface area contributed by atoms with Gasteiger partial charge in [0.05, 0.1) is 22.6 Å². The minimum atomic E-state index is 0.465. The first-order valence-corrected chi connectivity index (χ1v) is 6.16. The van der Waals surface area contributed by atoms with Crippen molar-refractivity contribution in [3.63, 3.8) is 0 Å². The third kappa shape index (κ3) is 1.80. The van der Waals surface area contributed by atoms with E-state index in [-0.39, 0.29) is 0 Å². The summed E-state index contributed by atoms with van der Waals surface area (Å²) in [6.07, 6.45) is 2.13. The highest BCUT2D eigenvalue weighted by molar-refractivity contribution is 6.40. The predicted molar refractivity (Wildman–Crippen MR) is 69.9 cm³/mol. The number of rotatable bonds is 1. The maximum atomic E-state index is 6.05. The largest absolute Gasteiger partial charge is 0.249 e. The van der Waals surface area contributed by atoms with Gasteiger partial charge in [0.25, 0.3) is 0 Å². The Hall–Kier alpha value is -1.16. The molecular weight excluding hydrogens is 232 g/mol. The molecule has 0 unspecified atom stereocenters. The van der Waals surface area contributed by atoms with Gasteiger partial charge in [-0.1, -0.05) is 24.2 Å². The zero-order valence-electron chi connectivity index (χ0n) is 9.87. The highest BCUT2D eigenvalue weighted by Gasteiger charge is 2.25. The van der Waals surface area contributed by atoms with E-state index >= 15 is 0 Å². The van der Waals surface area contributed by atoms with Crippen molar-refractivity contribution in [2.75, 3.05) is 0 Å². The van der Waals surface area contributed by atoms with E-state index in [9.17, 15) is 0 Å². The second-order valence-electron chi connectivity index (χ2n) is 4.55. The van der Waals surface area contributed by atoms with Crippen LogP contribution in [0.2, 0.25) is 17.8 Å². The number of hydrogen-bond acceptors (Lipinski definition) is 3. The molecule has 1 aliphatic heterocycles. The summed E-state index contributed by atoms with van der Waals surface area (Å²) in [5, 5.41) is 0.511. The zero-order valence-corrected chi connectivity index (χ0v) is 10.6. The van der Waals surface area contributed by atoms with Gasteiger partial charge < -0.3 is 0 Å². The second-order valence-corrected chi connectivity index (χ2v) is 4.94. The molecule has 0 N–H and O–H groups in total. The van der Waals surface area contributed by atoms with Gasteiger partial charge in [-0.2, -0.15) is 0 Å². The number of aromatic nitrogens is 3. The fourth-order valence-electron chi connectivity index (χ4n) is 2.06. The van der Waals surface area contributed by atoms with Crippen molar-refractivity contribution in [2.24, 2.45) is 0 Å². The first kappa shape index (κ1) is 11.0. The Morgan fingerprint density at radius 2 is 1.88 bits per heavy atom. The van der Waals surface area contributed by atoms with Crippen molar-refractivity contribution in [3.8, 4) is 0 Å². The van der Waals surface area contributed by atoms with E-state index in [1.165, 1.54) is 0 Å². The summed E-state index contributed by atoms with van der Waals surface area (Å²) in [5.41, 5.74) is 4.69. The molecule has 0 saturated carbocycles. The molecule has 0 aliphatic carbocycles. The van der Waals surface area contributed by atoms with Gasteiger partial charge in [-0.3, -0.25) is 0 Å². The molecule has 3 nitrogen and oxygen atoms in total. The standard InChI is InChI=1S/C12H12BClN3/c1-6-7(2)16-12-9(15-6)3-10(14)17-11(12)8-4-13-5-8/h3,8H,4-5H2,1-2H3. The maximum Gasteiger partial charge on any atom is 0.131 e. The quantitative estimate of drug-likeness (QED) is 0.572. The minimum Gasteiger partial charge on any atom is -0.249 e. The molecule has 1 saturated heterocycles. The third-order valence-electron chi connectivity index (χ3n) is 3.35. The lowest BCUT2D eigenvalue weighted by atomic mass is 9.50. The lowest BCUT2D eigenvalue weighted by molar-refractivity contribution is 0.758. The predicted octanol–water partition coefficient (Wildman–Crippen LogP) is 2.93. The van der Waals surface area contributed by atoms with Crippen LogP contribution in [-0.4, -0.2) is 22.2 Å². The van der Waals surface area contributed by atoms with E-state index in [1.807, 2.05) is 13.8 Å². The van der Waals surface area contributed by atoms with Crippen LogP contribution in [0.5, 0.6) is 0 Å². The number of nitrogens with zero attached hydrogens (tertiary/aromatic N) is 3. The normalized spacial score (nSPS) is 15.7. The fraction of sp³-hybridized carbons (Fsp3) is 0.417. The molecule has 1 radical (unpaired) electrons. The van der Waals surface area contributed by atoms with Crippen LogP contribution in [0.15, 0.2) is 6.07 Å². The van der Waals surface area contributed by atoms with Gasteiger partial charge in [0.2, 0.25) is 0 Å². The van der Waals surface area contributed by atoms with Gasteiger partial charge in [0.15, 0.2) is 0 Å². The van der Waals surface area contributed by atoms with Crippen molar-refractivity contribution in [2.45, 2.75) is 32.4 Å². The molecule has 0 spiro atoms. The highest BCUT2D eigenvalue weighted by atomic mass is 35.5. The van der Waals surface area contributed by atoms with Gasteiger partial charge in [-0.15, -0.1) is 0 Å². The Morgan fingerprint density at radius 3 is 2.53 bits per heavy atom. The molecule has 85 valence electrons. The Morgan fingerprint density at radius 1 is 1.18 bits per heavy atom. The monoisotopic (exact) mass is 244 g/mol. The summed E-state index contributed by atoms with van der Waals surface area (Å²) < 4.78 is 0. The van der Waals surface area contributed by atoms with E-state index in [0.29, 0.717) is 11.1 Å². The van der Waals surface area contributed by atoms with Crippen LogP contribution in [0.4, 0.5) is 0 Å². The Labute approximate surface area is 106 Å². The fourth-order valence-corrected chi connectivity index (χ4v) is 2.26. The van der Waals surface area contributed by atoms with Gasteiger partial charge in [-0.05, 0) is 19.8 Å². The molecule has 2 aromatic rings. The summed E-state index contributed by atoms with van der Waals surface area (Å²) >= 11 is 6.05. The summed E-state index contributed by atoms with van der Waals surface area (Å²) in [7, 11) is 2.26. The van der Waals surface area contributed by atoms with E-state index in [0.717, 1.165) is 40.8 Å². The average Bonchev–Trinajstić information content (AvgIpc) is 2.18. The summed E-state index contributed by atoms with van der Waals surface area (Å²) in [6, 6.07) is 1.79. The van der Waals surface area contributed by atoms with Crippen molar-refractivity contribution >= 4 is 29.9 Å². The smallest absolute Gasteiger partial charge is 0.131 e. The van der Waals surface area contributed by atoms with Gasteiger partial charge in [-0.25, -0.2) is 15.0 Å². The maximum absolute atomic E-state index is 6.05. The van der Waals surface area contributed by atoms with E-state index in [2.05, 4.69) is 22.2 Å². The Kier molecular flexibility index (Phi) is 2.55. The summed E-state index contributed by atoms with van der Waals surface area (Å²) in [5.74, 6) is 0.465. The molecule has 3 heterocycles. The number of pyridine rings is 1. The first-order valence-electron chi connectivity index (χ1n) is 5.78. The summed E-state index contributed by atoms with van der Waals surface area (Å²) in [6.45, 7) is 3.94. The molecule has 0 amide bonds. The topological polar surface area (TPSA) is 38.7 Å². The lowest BCUT2D eigenvalue weighted by Gasteiger charge is -2.24. The number of halogens is 1. The first-order chi connectivity index (χ1) is 8.15. The number of fused-ring (bicyclic) bond motifs is 1. The second kappa shape index (κ2) is 3.95. The molecule has 5 heteroatoms. The lowest BCUT2D eigenvalue weighted by Crippen LogP contribution is -2.17. The molecular formula is C12H12BClN3. The van der Waals surface area contributed by atoms with E-state index in [1.54, 1.807) is 6.07 Å². The van der Waals surface area contributed by atoms with Crippen molar-refractivity contribution in [1.82, 2.24) is 15.0 Å². The van der Waals surface area contributed by atoms with Gasteiger partial charge >= 0.3 is 0 Å². The van der Waals surface area contributed by atoms with Crippen molar-refractivity contribution in [3.05, 3.63) is 28.3 Å². The van der Waals surface area contributed by atoms with Crippen LogP contribution in [0.1, 0.15) is 23.0 Å². The van der Waals surface area contributed by atoms with Crippen LogP contribution >= 0.6 is 11.6 Å². The van der Waals surface area contributed by atoms with Crippen LogP contribution in [-0.2, 0) is 0 Å². The Bertz CT molecular complexity index is 596. The summed E-state index contributed by atoms with van der Waals surface area (Å²) in [4.78, 5) is 13.6. The van der Waals surface area contributed by atoms with Gasteiger partial charge in [0, 0.05) is 6.07 Å². The Balaban J connectivity index is 2.28. The van der Waals surface area contributed by atoms with E-state index in [4.69, 9.17) is 11.6 Å². The highest BCUT2D eigenvalue weighted by Crippen LogP contribution is 2.35. The molecule has 2 aromatic heterocycles. The van der Waals surface area contributed by atoms with Gasteiger partial charge in [0.1, 0.15) is 17.9 Å². The molecule has 1 aliphatic rings. The molecule has 0 aromatic carbocycles. The van der Waals surface area contributed by atoms with Crippen LogP contribution < -0.4 is 0 Å². The number of hydrogen-bond donors (Lipinski definition) is 0. The van der Waals surface area contributed by atoms with Crippen LogP contribution in [0, 0.1) is 13.8 Å².